The first-order chi connectivity index (χ1) is 8.70. The van der Waals surface area contributed by atoms with Gasteiger partial charge in [-0.25, -0.2) is 8.42 Å². The first-order valence-corrected chi connectivity index (χ1v) is 8.48. The Morgan fingerprint density at radius 2 is 2.16 bits per heavy atom. The van der Waals surface area contributed by atoms with Crippen molar-refractivity contribution in [3.8, 4) is 0 Å². The van der Waals surface area contributed by atoms with Crippen LogP contribution >= 0.6 is 0 Å². The fourth-order valence-electron chi connectivity index (χ4n) is 2.39. The van der Waals surface area contributed by atoms with Crippen molar-refractivity contribution in [1.29, 1.82) is 0 Å². The van der Waals surface area contributed by atoms with Crippen LogP contribution in [0.15, 0.2) is 0 Å². The lowest BCUT2D eigenvalue weighted by molar-refractivity contribution is -0.124. The summed E-state index contributed by atoms with van der Waals surface area (Å²) >= 11 is 0. The van der Waals surface area contributed by atoms with Gasteiger partial charge in [0.2, 0.25) is 5.91 Å². The first-order valence-electron chi connectivity index (χ1n) is 6.66. The van der Waals surface area contributed by atoms with Crippen LogP contribution in [0.2, 0.25) is 0 Å². The van der Waals surface area contributed by atoms with Crippen molar-refractivity contribution in [3.05, 3.63) is 0 Å². The van der Waals surface area contributed by atoms with Crippen LogP contribution in [-0.4, -0.2) is 62.4 Å². The molecule has 0 spiro atoms. The summed E-state index contributed by atoms with van der Waals surface area (Å²) in [4.78, 5) is 13.5. The summed E-state index contributed by atoms with van der Waals surface area (Å²) in [6, 6.07) is 0.0590. The second-order valence-corrected chi connectivity index (χ2v) is 7.74. The van der Waals surface area contributed by atoms with Crippen LogP contribution in [0.4, 0.5) is 0 Å². The van der Waals surface area contributed by atoms with Crippen molar-refractivity contribution in [2.24, 2.45) is 5.73 Å². The van der Waals surface area contributed by atoms with Gasteiger partial charge in [-0.05, 0) is 33.4 Å². The van der Waals surface area contributed by atoms with Crippen molar-refractivity contribution in [2.75, 3.05) is 31.6 Å². The zero-order chi connectivity index (χ0) is 14.7. The fourth-order valence-corrected chi connectivity index (χ4v) is 4.20. The van der Waals surface area contributed by atoms with Gasteiger partial charge < -0.3 is 16.0 Å². The Kier molecular flexibility index (Phi) is 5.34. The minimum Gasteiger partial charge on any atom is -0.368 e. The number of sulfone groups is 1. The molecule has 1 amide bonds. The number of nitrogens with one attached hydrogen (secondary N) is 1. The summed E-state index contributed by atoms with van der Waals surface area (Å²) in [5.74, 6) is 0.113. The molecule has 0 saturated carbocycles. The third-order valence-corrected chi connectivity index (χ3v) is 5.66. The Morgan fingerprint density at radius 1 is 1.53 bits per heavy atom. The van der Waals surface area contributed by atoms with E-state index in [9.17, 15) is 13.2 Å². The highest BCUT2D eigenvalue weighted by atomic mass is 32.2. The van der Waals surface area contributed by atoms with Gasteiger partial charge in [-0.3, -0.25) is 4.79 Å². The number of hydrogen-bond acceptors (Lipinski definition) is 5. The number of primary amides is 1. The molecule has 0 aromatic rings. The van der Waals surface area contributed by atoms with Gasteiger partial charge in [-0.2, -0.15) is 0 Å². The van der Waals surface area contributed by atoms with Crippen LogP contribution in [0.3, 0.4) is 0 Å². The van der Waals surface area contributed by atoms with E-state index in [1.807, 2.05) is 18.9 Å². The van der Waals surface area contributed by atoms with Gasteiger partial charge in [0.15, 0.2) is 9.84 Å². The summed E-state index contributed by atoms with van der Waals surface area (Å²) in [7, 11) is -0.968. The van der Waals surface area contributed by atoms with Gasteiger partial charge in [0.25, 0.3) is 0 Å². The normalized spacial score (nSPS) is 25.4. The second-order valence-electron chi connectivity index (χ2n) is 5.51. The van der Waals surface area contributed by atoms with E-state index in [2.05, 4.69) is 5.32 Å². The van der Waals surface area contributed by atoms with E-state index in [1.54, 1.807) is 6.92 Å². The predicted molar refractivity (Wildman–Crippen MR) is 75.6 cm³/mol. The Bertz CT molecular complexity index is 424. The standard InChI is InChI=1S/C12H25N3O3S/c1-4-14-12(2,11(13)16)6-7-15(3)10-5-8-19(17,18)9-10/h10,14H,4-9H2,1-3H3,(H2,13,16). The third-order valence-electron chi connectivity index (χ3n) is 3.91. The van der Waals surface area contributed by atoms with E-state index in [0.717, 1.165) is 0 Å². The Morgan fingerprint density at radius 3 is 2.58 bits per heavy atom. The molecule has 1 aliphatic rings. The van der Waals surface area contributed by atoms with Crippen molar-refractivity contribution in [2.45, 2.75) is 38.3 Å². The van der Waals surface area contributed by atoms with Gasteiger partial charge in [0.1, 0.15) is 0 Å². The van der Waals surface area contributed by atoms with Crippen molar-refractivity contribution in [3.63, 3.8) is 0 Å². The molecule has 2 atom stereocenters. The number of carbonyl (C=O) groups is 1. The highest BCUT2D eigenvalue weighted by molar-refractivity contribution is 7.91. The van der Waals surface area contributed by atoms with E-state index < -0.39 is 15.4 Å². The Balaban J connectivity index is 2.53. The molecular weight excluding hydrogens is 266 g/mol. The van der Waals surface area contributed by atoms with Crippen LogP contribution in [0.5, 0.6) is 0 Å². The maximum atomic E-state index is 11.5. The summed E-state index contributed by atoms with van der Waals surface area (Å²) in [6.45, 7) is 5.03. The average molecular weight is 291 g/mol. The lowest BCUT2D eigenvalue weighted by atomic mass is 9.96. The fraction of sp³-hybridized carbons (Fsp3) is 0.917. The molecule has 0 aliphatic carbocycles. The van der Waals surface area contributed by atoms with Gasteiger partial charge in [0, 0.05) is 12.6 Å². The lowest BCUT2D eigenvalue weighted by Crippen LogP contribution is -2.54. The summed E-state index contributed by atoms with van der Waals surface area (Å²) < 4.78 is 22.9. The third kappa shape index (κ3) is 4.43. The molecule has 0 bridgehead atoms. The largest absolute Gasteiger partial charge is 0.368 e. The molecule has 2 unspecified atom stereocenters. The molecule has 3 N–H and O–H groups in total. The number of amides is 1. The van der Waals surface area contributed by atoms with Gasteiger partial charge in [0.05, 0.1) is 17.0 Å². The number of hydrogen-bond donors (Lipinski definition) is 2. The average Bonchev–Trinajstić information content (AvgIpc) is 2.67. The van der Waals surface area contributed by atoms with Crippen molar-refractivity contribution < 1.29 is 13.2 Å². The van der Waals surface area contributed by atoms with Crippen LogP contribution < -0.4 is 11.1 Å². The van der Waals surface area contributed by atoms with Crippen LogP contribution in [-0.2, 0) is 14.6 Å². The van der Waals surface area contributed by atoms with Crippen molar-refractivity contribution >= 4 is 15.7 Å². The Hall–Kier alpha value is -0.660. The molecule has 1 saturated heterocycles. The summed E-state index contributed by atoms with van der Waals surface area (Å²) in [5.41, 5.74) is 4.69. The molecule has 1 aliphatic heterocycles. The minimum atomic E-state index is -2.87. The molecule has 6 nitrogen and oxygen atoms in total. The number of carbonyl (C=O) groups excluding carboxylic acids is 1. The second kappa shape index (κ2) is 6.19. The molecule has 7 heteroatoms. The molecule has 0 aromatic carbocycles. The highest BCUT2D eigenvalue weighted by Gasteiger charge is 2.33. The van der Waals surface area contributed by atoms with Crippen LogP contribution in [0, 0.1) is 0 Å². The molecule has 1 fully saturated rings. The molecule has 1 rings (SSSR count). The smallest absolute Gasteiger partial charge is 0.237 e. The maximum Gasteiger partial charge on any atom is 0.237 e. The number of nitrogens with two attached hydrogens (primary N) is 1. The SMILES string of the molecule is CCNC(C)(CCN(C)C1CCS(=O)(=O)C1)C(N)=O. The number of rotatable bonds is 7. The van der Waals surface area contributed by atoms with Crippen LogP contribution in [0.1, 0.15) is 26.7 Å². The molecule has 1 heterocycles. The first kappa shape index (κ1) is 16.4. The van der Waals surface area contributed by atoms with E-state index >= 15 is 0 Å². The van der Waals surface area contributed by atoms with E-state index in [1.165, 1.54) is 0 Å². The number of nitrogens with zero attached hydrogens (tertiary/aromatic N) is 1. The van der Waals surface area contributed by atoms with Gasteiger partial charge in [-0.15, -0.1) is 0 Å². The molecule has 112 valence electrons. The topological polar surface area (TPSA) is 92.5 Å². The zero-order valence-corrected chi connectivity index (χ0v) is 12.8. The summed E-state index contributed by atoms with van der Waals surface area (Å²) in [6.07, 6.45) is 1.25. The van der Waals surface area contributed by atoms with Crippen LogP contribution in [0.25, 0.3) is 0 Å². The molecule has 0 radical (unpaired) electrons. The quantitative estimate of drug-likeness (QED) is 0.650. The van der Waals surface area contributed by atoms with Crippen molar-refractivity contribution in [1.82, 2.24) is 10.2 Å². The Labute approximate surface area is 115 Å². The van der Waals surface area contributed by atoms with E-state index in [-0.39, 0.29) is 23.5 Å². The van der Waals surface area contributed by atoms with E-state index in [0.29, 0.717) is 25.9 Å². The minimum absolute atomic E-state index is 0.0590. The molecule has 19 heavy (non-hydrogen) atoms. The number of likely N-dealkylation sites (N-methyl/N-ethyl adjacent to an activating group) is 1. The van der Waals surface area contributed by atoms with Gasteiger partial charge >= 0.3 is 0 Å². The van der Waals surface area contributed by atoms with Gasteiger partial charge in [-0.1, -0.05) is 6.92 Å². The molecular formula is C12H25N3O3S. The summed E-state index contributed by atoms with van der Waals surface area (Å²) in [5, 5.41) is 3.10. The lowest BCUT2D eigenvalue weighted by Gasteiger charge is -2.31. The maximum absolute atomic E-state index is 11.5. The predicted octanol–water partition coefficient (Wildman–Crippen LogP) is -0.651. The molecule has 0 aromatic heterocycles. The monoisotopic (exact) mass is 291 g/mol. The highest BCUT2D eigenvalue weighted by Crippen LogP contribution is 2.18. The van der Waals surface area contributed by atoms with E-state index in [4.69, 9.17) is 5.73 Å². The zero-order valence-electron chi connectivity index (χ0n) is 12.0.